The van der Waals surface area contributed by atoms with Gasteiger partial charge in [-0.25, -0.2) is 4.79 Å². The molecular weight excluding hydrogens is 288 g/mol. The lowest BCUT2D eigenvalue weighted by molar-refractivity contribution is -0.152. The lowest BCUT2D eigenvalue weighted by atomic mass is 10.1. The maximum absolute atomic E-state index is 11.5. The van der Waals surface area contributed by atoms with Crippen LogP contribution in [0.4, 0.5) is 0 Å². The second kappa shape index (κ2) is 8.02. The van der Waals surface area contributed by atoms with E-state index in [1.807, 2.05) is 13.8 Å². The molecule has 0 spiro atoms. The number of hydrogen-bond donors (Lipinski definition) is 2. The van der Waals surface area contributed by atoms with Crippen molar-refractivity contribution in [3.63, 3.8) is 0 Å². The number of aliphatic carboxylic acids is 1. The maximum atomic E-state index is 11.5. The van der Waals surface area contributed by atoms with Gasteiger partial charge >= 0.3 is 11.9 Å². The number of carboxylic acids is 1. The summed E-state index contributed by atoms with van der Waals surface area (Å²) in [6.45, 7) is 5.28. The van der Waals surface area contributed by atoms with Crippen LogP contribution in [0.5, 0.6) is 5.75 Å². The maximum Gasteiger partial charge on any atom is 0.338 e. The van der Waals surface area contributed by atoms with E-state index < -0.39 is 17.9 Å². The number of nitrogens with two attached hydrogens (primary N) is 1. The topological polar surface area (TPSA) is 111 Å². The highest BCUT2D eigenvalue weighted by atomic mass is 16.7. The Morgan fingerprint density at radius 3 is 2.32 bits per heavy atom. The molecule has 0 saturated heterocycles. The molecule has 0 amide bonds. The molecule has 0 aromatic heterocycles. The van der Waals surface area contributed by atoms with Gasteiger partial charge in [0, 0.05) is 5.56 Å². The van der Waals surface area contributed by atoms with E-state index in [1.54, 1.807) is 24.3 Å². The lowest BCUT2D eigenvalue weighted by Gasteiger charge is -2.10. The second-order valence-electron chi connectivity index (χ2n) is 5.08. The summed E-state index contributed by atoms with van der Waals surface area (Å²) in [6.07, 6.45) is -0.260. The Kier molecular flexibility index (Phi) is 6.37. The van der Waals surface area contributed by atoms with E-state index in [2.05, 4.69) is 9.99 Å². The molecule has 0 saturated carbocycles. The number of rotatable bonds is 7. The molecule has 1 aromatic carbocycles. The molecule has 0 aliphatic heterocycles. The van der Waals surface area contributed by atoms with E-state index in [0.29, 0.717) is 11.3 Å². The zero-order valence-electron chi connectivity index (χ0n) is 12.8. The van der Waals surface area contributed by atoms with Crippen molar-refractivity contribution in [3.8, 4) is 5.75 Å². The first-order valence-corrected chi connectivity index (χ1v) is 6.82. The Labute approximate surface area is 128 Å². The van der Waals surface area contributed by atoms with Crippen molar-refractivity contribution in [3.05, 3.63) is 29.8 Å². The molecule has 1 rings (SSSR count). The van der Waals surface area contributed by atoms with E-state index in [9.17, 15) is 9.59 Å². The van der Waals surface area contributed by atoms with Crippen molar-refractivity contribution >= 4 is 17.8 Å². The number of carbonyl (C=O) groups is 2. The fraction of sp³-hybridized carbons (Fsp3) is 0.400. The Morgan fingerprint density at radius 1 is 1.23 bits per heavy atom. The summed E-state index contributed by atoms with van der Waals surface area (Å²) in [5.41, 5.74) is 6.28. The van der Waals surface area contributed by atoms with Crippen LogP contribution in [0.25, 0.3) is 0 Å². The average molecular weight is 308 g/mol. The van der Waals surface area contributed by atoms with Crippen molar-refractivity contribution in [2.75, 3.05) is 0 Å². The summed E-state index contributed by atoms with van der Waals surface area (Å²) in [5, 5.41) is 12.1. The normalized spacial score (nSPS) is 12.8. The highest BCUT2D eigenvalue weighted by Gasteiger charge is 2.18. The van der Waals surface area contributed by atoms with Crippen LogP contribution in [-0.2, 0) is 14.4 Å². The summed E-state index contributed by atoms with van der Waals surface area (Å²) in [4.78, 5) is 26.7. The minimum atomic E-state index is -1.08. The van der Waals surface area contributed by atoms with Gasteiger partial charge in [-0.3, -0.25) is 4.79 Å². The van der Waals surface area contributed by atoms with Gasteiger partial charge in [-0.1, -0.05) is 12.1 Å². The van der Waals surface area contributed by atoms with Crippen LogP contribution < -0.4 is 10.5 Å². The number of hydrogen-bond acceptors (Lipinski definition) is 5. The van der Waals surface area contributed by atoms with Crippen LogP contribution in [0.2, 0.25) is 0 Å². The highest BCUT2D eigenvalue weighted by Crippen LogP contribution is 2.14. The number of amidine groups is 1. The fourth-order valence-corrected chi connectivity index (χ4v) is 1.56. The van der Waals surface area contributed by atoms with Crippen molar-refractivity contribution in [2.24, 2.45) is 16.8 Å². The summed E-state index contributed by atoms with van der Waals surface area (Å²) in [6, 6.07) is 6.83. The monoisotopic (exact) mass is 308 g/mol. The SMILES string of the molecule is CC(C)Oc1ccc(/C(N)=N/OC(=O)C(C)CC(=O)O)cc1. The molecule has 0 heterocycles. The van der Waals surface area contributed by atoms with E-state index in [-0.39, 0.29) is 18.4 Å². The van der Waals surface area contributed by atoms with E-state index in [1.165, 1.54) is 6.92 Å². The van der Waals surface area contributed by atoms with E-state index in [4.69, 9.17) is 15.6 Å². The molecule has 1 unspecified atom stereocenters. The molecular formula is C15H20N2O5. The third-order valence-electron chi connectivity index (χ3n) is 2.64. The average Bonchev–Trinajstić information content (AvgIpc) is 2.43. The fourth-order valence-electron chi connectivity index (χ4n) is 1.56. The van der Waals surface area contributed by atoms with Gasteiger partial charge in [0.05, 0.1) is 18.4 Å². The number of carbonyl (C=O) groups excluding carboxylic acids is 1. The van der Waals surface area contributed by atoms with Crippen molar-refractivity contribution < 1.29 is 24.3 Å². The molecule has 7 heteroatoms. The molecule has 0 aliphatic carbocycles. The molecule has 0 fully saturated rings. The summed E-state index contributed by atoms with van der Waals surface area (Å²) in [5.74, 6) is -1.91. The smallest absolute Gasteiger partial charge is 0.338 e. The molecule has 0 aliphatic rings. The van der Waals surface area contributed by atoms with Crippen LogP contribution in [0.1, 0.15) is 32.8 Å². The predicted molar refractivity (Wildman–Crippen MR) is 80.4 cm³/mol. The molecule has 3 N–H and O–H groups in total. The van der Waals surface area contributed by atoms with Gasteiger partial charge in [0.1, 0.15) is 5.75 Å². The summed E-state index contributed by atoms with van der Waals surface area (Å²) >= 11 is 0. The first-order valence-electron chi connectivity index (χ1n) is 6.82. The van der Waals surface area contributed by atoms with Gasteiger partial charge in [-0.05, 0) is 38.1 Å². The van der Waals surface area contributed by atoms with Gasteiger partial charge in [0.25, 0.3) is 0 Å². The van der Waals surface area contributed by atoms with Gasteiger partial charge < -0.3 is 20.4 Å². The standard InChI is InChI=1S/C15H20N2O5/c1-9(2)21-12-6-4-11(5-7-12)14(16)17-22-15(20)10(3)8-13(18)19/h4-7,9-10H,8H2,1-3H3,(H2,16,17)(H,18,19). The van der Waals surface area contributed by atoms with Gasteiger partial charge in [0.2, 0.25) is 0 Å². The lowest BCUT2D eigenvalue weighted by Crippen LogP contribution is -2.19. The summed E-state index contributed by atoms with van der Waals surface area (Å²) in [7, 11) is 0. The van der Waals surface area contributed by atoms with Crippen molar-refractivity contribution in [1.29, 1.82) is 0 Å². The van der Waals surface area contributed by atoms with E-state index >= 15 is 0 Å². The van der Waals surface area contributed by atoms with Crippen molar-refractivity contribution in [2.45, 2.75) is 33.3 Å². The minimum absolute atomic E-state index is 0.0203. The van der Waals surface area contributed by atoms with Gasteiger partial charge in [-0.15, -0.1) is 0 Å². The third-order valence-corrected chi connectivity index (χ3v) is 2.64. The van der Waals surface area contributed by atoms with Crippen LogP contribution in [-0.4, -0.2) is 29.0 Å². The Hall–Kier alpha value is -2.57. The van der Waals surface area contributed by atoms with Crippen LogP contribution in [0.15, 0.2) is 29.4 Å². The number of nitrogens with zero attached hydrogens (tertiary/aromatic N) is 1. The molecule has 7 nitrogen and oxygen atoms in total. The van der Waals surface area contributed by atoms with Crippen LogP contribution in [0, 0.1) is 5.92 Å². The molecule has 22 heavy (non-hydrogen) atoms. The summed E-state index contributed by atoms with van der Waals surface area (Å²) < 4.78 is 5.49. The van der Waals surface area contributed by atoms with E-state index in [0.717, 1.165) is 0 Å². The Morgan fingerprint density at radius 2 is 1.82 bits per heavy atom. The van der Waals surface area contributed by atoms with Gasteiger partial charge in [0.15, 0.2) is 5.84 Å². The molecule has 1 atom stereocenters. The first kappa shape index (κ1) is 17.5. The van der Waals surface area contributed by atoms with Crippen LogP contribution >= 0.6 is 0 Å². The number of ether oxygens (including phenoxy) is 1. The largest absolute Gasteiger partial charge is 0.491 e. The molecule has 0 radical (unpaired) electrons. The highest BCUT2D eigenvalue weighted by molar-refractivity contribution is 5.97. The minimum Gasteiger partial charge on any atom is -0.491 e. The Balaban J connectivity index is 2.64. The van der Waals surface area contributed by atoms with Crippen molar-refractivity contribution in [1.82, 2.24) is 0 Å². The van der Waals surface area contributed by atoms with Crippen LogP contribution in [0.3, 0.4) is 0 Å². The zero-order valence-corrected chi connectivity index (χ0v) is 12.8. The Bertz CT molecular complexity index is 552. The number of carboxylic acid groups (broad SMARTS) is 1. The second-order valence-corrected chi connectivity index (χ2v) is 5.08. The quantitative estimate of drug-likeness (QED) is 0.343. The predicted octanol–water partition coefficient (Wildman–Crippen LogP) is 1.75. The van der Waals surface area contributed by atoms with Gasteiger partial charge in [-0.2, -0.15) is 0 Å². The molecule has 1 aromatic rings. The number of oxime groups is 1. The molecule has 120 valence electrons. The zero-order chi connectivity index (χ0) is 16.7. The third kappa shape index (κ3) is 5.82. The molecule has 0 bridgehead atoms. The first-order chi connectivity index (χ1) is 10.3. The number of benzene rings is 1.